The third-order valence-corrected chi connectivity index (χ3v) is 3.13. The Morgan fingerprint density at radius 1 is 1.50 bits per heavy atom. The van der Waals surface area contributed by atoms with E-state index in [1.807, 2.05) is 0 Å². The Morgan fingerprint density at radius 2 is 2.11 bits per heavy atom. The van der Waals surface area contributed by atoms with Gasteiger partial charge in [0.15, 0.2) is 0 Å². The number of hydrogen-bond donors (Lipinski definition) is 0. The molecule has 0 bridgehead atoms. The Morgan fingerprint density at radius 3 is 2.61 bits per heavy atom. The van der Waals surface area contributed by atoms with Gasteiger partial charge in [-0.3, -0.25) is 0 Å². The summed E-state index contributed by atoms with van der Waals surface area (Å²) in [5, 5.41) is 3.77. The molecule has 1 saturated heterocycles. The van der Waals surface area contributed by atoms with Gasteiger partial charge in [0.1, 0.15) is 6.10 Å². The second kappa shape index (κ2) is 5.42. The molecule has 0 radical (unpaired) electrons. The lowest BCUT2D eigenvalue weighted by atomic mass is 10.2. The highest BCUT2D eigenvalue weighted by Gasteiger charge is 2.44. The summed E-state index contributed by atoms with van der Waals surface area (Å²) in [6.45, 7) is 4.37. The minimum Gasteiger partial charge on any atom is -0.461 e. The second-order valence-corrected chi connectivity index (χ2v) is 4.76. The van der Waals surface area contributed by atoms with Gasteiger partial charge in [-0.25, -0.2) is 4.79 Å². The van der Waals surface area contributed by atoms with Gasteiger partial charge >= 0.3 is 5.97 Å². The first-order valence-electron chi connectivity index (χ1n) is 5.90. The molecule has 2 atom stereocenters. The van der Waals surface area contributed by atoms with Crippen molar-refractivity contribution >= 4 is 23.3 Å². The predicted molar refractivity (Wildman–Crippen MR) is 63.5 cm³/mol. The minimum absolute atomic E-state index is 0.0161. The fourth-order valence-corrected chi connectivity index (χ4v) is 1.75. The van der Waals surface area contributed by atoms with Crippen LogP contribution in [0.3, 0.4) is 0 Å². The van der Waals surface area contributed by atoms with Crippen molar-refractivity contribution in [1.29, 1.82) is 0 Å². The fourth-order valence-electron chi connectivity index (χ4n) is 1.53. The minimum atomic E-state index is -1.21. The standard InChI is InChI=1S/C11H16ClNO5/c1-3-15-10(14)9(11(2)16-4-5-17-11)13-18-8-6-7(8)12/h7-8H,3-6H2,1-2H3/b13-9-. The van der Waals surface area contributed by atoms with E-state index in [0.29, 0.717) is 13.2 Å². The maximum Gasteiger partial charge on any atom is 0.361 e. The first kappa shape index (κ1) is 13.6. The van der Waals surface area contributed by atoms with Crippen LogP contribution in [0.4, 0.5) is 0 Å². The predicted octanol–water partition coefficient (Wildman–Crippen LogP) is 1.06. The maximum absolute atomic E-state index is 11.8. The summed E-state index contributed by atoms with van der Waals surface area (Å²) in [4.78, 5) is 17.0. The van der Waals surface area contributed by atoms with Crippen LogP contribution in [0.1, 0.15) is 20.3 Å². The van der Waals surface area contributed by atoms with E-state index in [0.717, 1.165) is 6.42 Å². The SMILES string of the molecule is CCOC(=O)/C(=N/OC1CC1Cl)C1(C)OCCO1. The highest BCUT2D eigenvalue weighted by Crippen LogP contribution is 2.32. The van der Waals surface area contributed by atoms with Crippen LogP contribution in [-0.2, 0) is 23.8 Å². The molecule has 0 aromatic carbocycles. The maximum atomic E-state index is 11.8. The van der Waals surface area contributed by atoms with E-state index in [9.17, 15) is 4.79 Å². The number of esters is 1. The van der Waals surface area contributed by atoms with E-state index < -0.39 is 11.8 Å². The first-order chi connectivity index (χ1) is 8.57. The van der Waals surface area contributed by atoms with Gasteiger partial charge in [-0.05, 0) is 13.8 Å². The van der Waals surface area contributed by atoms with Gasteiger partial charge in [-0.15, -0.1) is 11.6 Å². The highest BCUT2D eigenvalue weighted by molar-refractivity contribution is 6.39. The van der Waals surface area contributed by atoms with Crippen molar-refractivity contribution in [2.24, 2.45) is 5.16 Å². The molecule has 0 aromatic rings. The lowest BCUT2D eigenvalue weighted by Gasteiger charge is -2.22. The molecule has 2 unspecified atom stereocenters. The van der Waals surface area contributed by atoms with Gasteiger partial charge in [-0.2, -0.15) is 0 Å². The van der Waals surface area contributed by atoms with Crippen LogP contribution in [0.15, 0.2) is 5.16 Å². The molecule has 2 aliphatic rings. The van der Waals surface area contributed by atoms with Crippen LogP contribution >= 0.6 is 11.6 Å². The van der Waals surface area contributed by atoms with Crippen molar-refractivity contribution in [3.05, 3.63) is 0 Å². The largest absolute Gasteiger partial charge is 0.461 e. The summed E-state index contributed by atoms with van der Waals surface area (Å²) >= 11 is 5.80. The van der Waals surface area contributed by atoms with Crippen molar-refractivity contribution in [3.8, 4) is 0 Å². The van der Waals surface area contributed by atoms with E-state index >= 15 is 0 Å². The number of carbonyl (C=O) groups excluding carboxylic acids is 1. The molecule has 1 saturated carbocycles. The Balaban J connectivity index is 2.08. The van der Waals surface area contributed by atoms with Crippen LogP contribution < -0.4 is 0 Å². The zero-order valence-corrected chi connectivity index (χ0v) is 11.1. The Bertz CT molecular complexity index is 353. The smallest absolute Gasteiger partial charge is 0.361 e. The van der Waals surface area contributed by atoms with Crippen LogP contribution in [0.25, 0.3) is 0 Å². The topological polar surface area (TPSA) is 66.4 Å². The number of ether oxygens (including phenoxy) is 3. The third kappa shape index (κ3) is 2.93. The van der Waals surface area contributed by atoms with Crippen molar-refractivity contribution in [1.82, 2.24) is 0 Å². The summed E-state index contributed by atoms with van der Waals surface area (Å²) in [7, 11) is 0. The monoisotopic (exact) mass is 277 g/mol. The van der Waals surface area contributed by atoms with Crippen LogP contribution in [-0.4, -0.2) is 48.8 Å². The molecule has 1 heterocycles. The molecule has 0 spiro atoms. The zero-order chi connectivity index (χ0) is 13.2. The number of nitrogens with zero attached hydrogens (tertiary/aromatic N) is 1. The Labute approximate surface area is 110 Å². The molecular weight excluding hydrogens is 262 g/mol. The van der Waals surface area contributed by atoms with Crippen molar-refractivity contribution < 1.29 is 23.8 Å². The lowest BCUT2D eigenvalue weighted by molar-refractivity contribution is -0.141. The number of carbonyl (C=O) groups is 1. The average Bonchev–Trinajstić information content (AvgIpc) is 2.84. The molecule has 1 aliphatic heterocycles. The highest BCUT2D eigenvalue weighted by atomic mass is 35.5. The quantitative estimate of drug-likeness (QED) is 0.325. The summed E-state index contributed by atoms with van der Waals surface area (Å²) < 4.78 is 15.7. The number of halogens is 1. The normalized spacial score (nSPS) is 30.1. The average molecular weight is 278 g/mol. The van der Waals surface area contributed by atoms with Crippen LogP contribution in [0.5, 0.6) is 0 Å². The summed E-state index contributed by atoms with van der Waals surface area (Å²) in [5.41, 5.74) is -0.0161. The van der Waals surface area contributed by atoms with E-state index in [4.69, 9.17) is 30.6 Å². The van der Waals surface area contributed by atoms with Crippen LogP contribution in [0, 0.1) is 0 Å². The zero-order valence-electron chi connectivity index (χ0n) is 10.3. The molecule has 102 valence electrons. The van der Waals surface area contributed by atoms with Crippen LogP contribution in [0.2, 0.25) is 0 Å². The van der Waals surface area contributed by atoms with Crippen molar-refractivity contribution in [2.45, 2.75) is 37.5 Å². The molecule has 18 heavy (non-hydrogen) atoms. The summed E-state index contributed by atoms with van der Waals surface area (Å²) in [6.07, 6.45) is 0.570. The molecule has 0 aromatic heterocycles. The summed E-state index contributed by atoms with van der Waals surface area (Å²) in [5.74, 6) is -1.81. The van der Waals surface area contributed by atoms with E-state index in [2.05, 4.69) is 5.16 Å². The molecule has 2 rings (SSSR count). The number of alkyl halides is 1. The van der Waals surface area contributed by atoms with Gasteiger partial charge in [0.2, 0.25) is 11.5 Å². The van der Waals surface area contributed by atoms with Crippen molar-refractivity contribution in [2.75, 3.05) is 19.8 Å². The van der Waals surface area contributed by atoms with E-state index in [1.165, 1.54) is 0 Å². The molecule has 2 fully saturated rings. The molecule has 7 heteroatoms. The van der Waals surface area contributed by atoms with Crippen molar-refractivity contribution in [3.63, 3.8) is 0 Å². The molecule has 0 N–H and O–H groups in total. The van der Waals surface area contributed by atoms with Gasteiger partial charge < -0.3 is 19.0 Å². The number of hydrogen-bond acceptors (Lipinski definition) is 6. The molecule has 6 nitrogen and oxygen atoms in total. The third-order valence-electron chi connectivity index (χ3n) is 2.67. The van der Waals surface area contributed by atoms with Gasteiger partial charge in [-0.1, -0.05) is 5.16 Å². The fraction of sp³-hybridized carbons (Fsp3) is 0.818. The van der Waals surface area contributed by atoms with Gasteiger partial charge in [0.05, 0.1) is 25.2 Å². The Hall–Kier alpha value is -0.850. The molecular formula is C11H16ClNO5. The number of rotatable bonds is 5. The summed E-state index contributed by atoms with van der Waals surface area (Å²) in [6, 6.07) is 0. The lowest BCUT2D eigenvalue weighted by Crippen LogP contribution is -2.42. The Kier molecular flexibility index (Phi) is 4.09. The second-order valence-electron chi connectivity index (χ2n) is 4.20. The van der Waals surface area contributed by atoms with E-state index in [1.54, 1.807) is 13.8 Å². The van der Waals surface area contributed by atoms with E-state index in [-0.39, 0.29) is 23.8 Å². The van der Waals surface area contributed by atoms with Gasteiger partial charge in [0.25, 0.3) is 0 Å². The van der Waals surface area contributed by atoms with Gasteiger partial charge in [0, 0.05) is 6.42 Å². The molecule has 0 amide bonds. The molecule has 1 aliphatic carbocycles. The number of oxime groups is 1. The first-order valence-corrected chi connectivity index (χ1v) is 6.34.